The van der Waals surface area contributed by atoms with Gasteiger partial charge >= 0.3 is 0 Å². The number of nitrogens with two attached hydrogens (primary N) is 1. The van der Waals surface area contributed by atoms with E-state index in [9.17, 15) is 5.21 Å². The molecular weight excluding hydrogens is 344 g/mol. The number of hydrazine groups is 2. The smallest absolute Gasteiger partial charge is 0.149 e. The normalized spacial score (nSPS) is 12.3. The molecule has 0 saturated heterocycles. The molecule has 27 heavy (non-hydrogen) atoms. The quantitative estimate of drug-likeness (QED) is 0.576. The fraction of sp³-hybridized carbons (Fsp3) is 0.400. The molecule has 0 aliphatic heterocycles. The minimum absolute atomic E-state index is 0.0812. The van der Waals surface area contributed by atoms with E-state index in [4.69, 9.17) is 15.5 Å². The van der Waals surface area contributed by atoms with Gasteiger partial charge in [0.1, 0.15) is 5.75 Å². The van der Waals surface area contributed by atoms with Crippen molar-refractivity contribution in [2.24, 2.45) is 5.84 Å². The van der Waals surface area contributed by atoms with Crippen molar-refractivity contribution in [1.82, 2.24) is 10.9 Å². The lowest BCUT2D eigenvalue weighted by molar-refractivity contribution is -0.327. The lowest BCUT2D eigenvalue weighted by Gasteiger charge is -2.32. The minimum atomic E-state index is -0.638. The van der Waals surface area contributed by atoms with E-state index in [1.165, 1.54) is 5.56 Å². The van der Waals surface area contributed by atoms with Crippen molar-refractivity contribution < 1.29 is 9.68 Å². The van der Waals surface area contributed by atoms with Crippen molar-refractivity contribution in [3.05, 3.63) is 59.3 Å². The first-order valence-corrected chi connectivity index (χ1v) is 8.81. The maximum Gasteiger partial charge on any atom is 0.149 e. The van der Waals surface area contributed by atoms with Gasteiger partial charge in [0, 0.05) is 0 Å². The van der Waals surface area contributed by atoms with Gasteiger partial charge in [0.2, 0.25) is 0 Å². The number of hydrogen-bond donors (Lipinski definition) is 2. The Kier molecular flexibility index (Phi) is 6.46. The molecule has 7 heteroatoms. The van der Waals surface area contributed by atoms with Crippen LogP contribution in [0.25, 0.3) is 0 Å². The molecule has 0 aliphatic rings. The Morgan fingerprint density at radius 2 is 1.33 bits per heavy atom. The van der Waals surface area contributed by atoms with Crippen LogP contribution in [-0.2, 0) is 10.3 Å². The monoisotopic (exact) mass is 373 g/mol. The first-order valence-electron chi connectivity index (χ1n) is 8.81. The van der Waals surface area contributed by atoms with Gasteiger partial charge in [0.05, 0.1) is 17.0 Å². The summed E-state index contributed by atoms with van der Waals surface area (Å²) in [4.78, 5) is 10.2. The Balaban J connectivity index is 2.12. The number of nitrogens with one attached hydrogen (secondary N) is 1. The highest BCUT2D eigenvalue weighted by molar-refractivity contribution is 5.63. The van der Waals surface area contributed by atoms with Crippen LogP contribution in [0.1, 0.15) is 47.1 Å². The maximum absolute atomic E-state index is 11.7. The third-order valence-corrected chi connectivity index (χ3v) is 3.74. The first kappa shape index (κ1) is 21.1. The third kappa shape index (κ3) is 6.20. The van der Waals surface area contributed by atoms with Gasteiger partial charge in [-0.2, -0.15) is 5.53 Å². The fourth-order valence-corrected chi connectivity index (χ4v) is 2.39. The molecule has 0 amide bonds. The molecule has 2 aromatic carbocycles. The van der Waals surface area contributed by atoms with Crippen molar-refractivity contribution in [2.45, 2.75) is 52.6 Å². The second-order valence-electron chi connectivity index (χ2n) is 8.27. The highest BCUT2D eigenvalue weighted by Gasteiger charge is 2.15. The summed E-state index contributed by atoms with van der Waals surface area (Å²) in [6.45, 7) is 11.8. The van der Waals surface area contributed by atoms with Crippen LogP contribution in [0.2, 0.25) is 0 Å². The second-order valence-corrected chi connectivity index (χ2v) is 8.27. The van der Waals surface area contributed by atoms with E-state index in [1.807, 2.05) is 12.1 Å². The lowest BCUT2D eigenvalue weighted by Crippen LogP contribution is -2.39. The van der Waals surface area contributed by atoms with Crippen molar-refractivity contribution in [2.75, 3.05) is 5.01 Å². The Hall–Kier alpha value is -2.16. The lowest BCUT2D eigenvalue weighted by atomic mass is 9.87. The topological polar surface area (TPSA) is 86.1 Å². The molecule has 0 saturated carbocycles. The molecule has 0 aromatic heterocycles. The van der Waals surface area contributed by atoms with Crippen LogP contribution >= 0.6 is 0 Å². The maximum atomic E-state index is 11.7. The number of rotatable bonds is 6. The van der Waals surface area contributed by atoms with E-state index in [0.29, 0.717) is 5.75 Å². The van der Waals surface area contributed by atoms with E-state index in [-0.39, 0.29) is 10.8 Å². The van der Waals surface area contributed by atoms with Crippen LogP contribution in [0.5, 0.6) is 5.75 Å². The van der Waals surface area contributed by atoms with Crippen molar-refractivity contribution in [3.63, 3.8) is 0 Å². The molecule has 0 radical (unpaired) electrons. The molecule has 0 spiro atoms. The minimum Gasteiger partial charge on any atom is -0.728 e. The van der Waals surface area contributed by atoms with Crippen LogP contribution in [0.4, 0.5) is 11.4 Å². The molecule has 148 valence electrons. The molecule has 0 atom stereocenters. The van der Waals surface area contributed by atoms with Gasteiger partial charge in [0.25, 0.3) is 0 Å². The average molecular weight is 373 g/mol. The summed E-state index contributed by atoms with van der Waals surface area (Å²) in [6, 6.07) is 15.1. The Labute approximate surface area is 161 Å². The van der Waals surface area contributed by atoms with E-state index < -0.39 is 5.60 Å². The molecule has 0 heterocycles. The summed E-state index contributed by atoms with van der Waals surface area (Å²) in [5.41, 5.74) is 5.04. The second kappa shape index (κ2) is 8.24. The summed E-state index contributed by atoms with van der Waals surface area (Å²) >= 11 is 0. The van der Waals surface area contributed by atoms with E-state index in [2.05, 4.69) is 38.4 Å². The molecule has 0 bridgehead atoms. The highest BCUT2D eigenvalue weighted by Crippen LogP contribution is 2.28. The van der Waals surface area contributed by atoms with Crippen LogP contribution in [-0.4, -0.2) is 11.0 Å². The summed E-state index contributed by atoms with van der Waals surface area (Å²) in [6.07, 6.45) is 0. The Bertz CT molecular complexity index is 719. The molecule has 3 N–H and O–H groups in total. The largest absolute Gasteiger partial charge is 0.728 e. The Morgan fingerprint density at radius 1 is 0.852 bits per heavy atom. The van der Waals surface area contributed by atoms with Gasteiger partial charge in [-0.1, -0.05) is 38.3 Å². The van der Waals surface area contributed by atoms with E-state index >= 15 is 0 Å². The zero-order valence-corrected chi connectivity index (χ0v) is 16.8. The number of hydrogen-bond acceptors (Lipinski definition) is 7. The van der Waals surface area contributed by atoms with Crippen LogP contribution in [0.3, 0.4) is 0 Å². The molecule has 0 fully saturated rings. The predicted octanol–water partition coefficient (Wildman–Crippen LogP) is 4.32. The van der Waals surface area contributed by atoms with Gasteiger partial charge in [-0.15, -0.1) is 0 Å². The molecule has 2 rings (SSSR count). The Morgan fingerprint density at radius 3 is 1.74 bits per heavy atom. The third-order valence-electron chi connectivity index (χ3n) is 3.74. The van der Waals surface area contributed by atoms with Gasteiger partial charge in [-0.3, -0.25) is 15.7 Å². The summed E-state index contributed by atoms with van der Waals surface area (Å²) in [5, 5.41) is 13.5. The van der Waals surface area contributed by atoms with Crippen LogP contribution in [0.15, 0.2) is 48.5 Å². The zero-order valence-electron chi connectivity index (χ0n) is 16.8. The fourth-order valence-electron chi connectivity index (χ4n) is 2.39. The van der Waals surface area contributed by atoms with E-state index in [1.54, 1.807) is 50.0 Å². The number of benzene rings is 2. The number of nitrogens with zero attached hydrogens (tertiary/aromatic N) is 2. The predicted molar refractivity (Wildman–Crippen MR) is 108 cm³/mol. The molecule has 0 unspecified atom stereocenters. The molecule has 7 nitrogen and oxygen atoms in total. The summed E-state index contributed by atoms with van der Waals surface area (Å²) in [5.74, 6) is 6.07. The van der Waals surface area contributed by atoms with Gasteiger partial charge in [-0.05, 0) is 68.1 Å². The number of anilines is 2. The van der Waals surface area contributed by atoms with Crippen LogP contribution in [0, 0.1) is 5.21 Å². The summed E-state index contributed by atoms with van der Waals surface area (Å²) in [7, 11) is 0. The van der Waals surface area contributed by atoms with Crippen LogP contribution < -0.4 is 21.2 Å². The standard InChI is InChI=1S/C20H29N4O3/c1-19(2,3)15-7-9-16(10-8-15)23(22-21)17-11-13-18(14-12-17)26-24(25)27-20(4,5)6/h7-14,22H,21H2,1-6H3/q-1. The van der Waals surface area contributed by atoms with Gasteiger partial charge in [0.15, 0.2) is 0 Å². The van der Waals surface area contributed by atoms with Crippen molar-refractivity contribution in [3.8, 4) is 5.75 Å². The van der Waals surface area contributed by atoms with E-state index in [0.717, 1.165) is 11.4 Å². The van der Waals surface area contributed by atoms with Gasteiger partial charge < -0.3 is 10.0 Å². The highest BCUT2D eigenvalue weighted by atomic mass is 17.1. The molecule has 0 aliphatic carbocycles. The molecular formula is C20H29N4O3-. The average Bonchev–Trinajstić information content (AvgIpc) is 2.55. The van der Waals surface area contributed by atoms with Crippen molar-refractivity contribution >= 4 is 11.4 Å². The van der Waals surface area contributed by atoms with Crippen molar-refractivity contribution in [1.29, 1.82) is 0 Å². The SMILES string of the molecule is CC(C)(C)ON([O-])Oc1ccc(N(NN)c2ccc(C(C)(C)C)cc2)cc1. The zero-order chi connectivity index (χ0) is 20.2. The first-order chi connectivity index (χ1) is 12.5. The van der Waals surface area contributed by atoms with Gasteiger partial charge in [-0.25, -0.2) is 0 Å². The molecule has 2 aromatic rings. The summed E-state index contributed by atoms with van der Waals surface area (Å²) < 4.78 is 0.